The number of nitrogens with zero attached hydrogens (tertiary/aromatic N) is 1. The molecule has 1 heterocycles. The summed E-state index contributed by atoms with van der Waals surface area (Å²) >= 11 is 1.87. The SMILES string of the molecule is C[C@H](CCSc1ccccc1)N1CCO[C@H](C(N)=O)C1. The molecule has 0 unspecified atom stereocenters. The maximum absolute atomic E-state index is 11.2. The van der Waals surface area contributed by atoms with E-state index in [1.807, 2.05) is 17.8 Å². The zero-order valence-electron chi connectivity index (χ0n) is 11.8. The number of carbonyl (C=O) groups excluding carboxylic acids is 1. The lowest BCUT2D eigenvalue weighted by molar-refractivity contribution is -0.136. The fourth-order valence-corrected chi connectivity index (χ4v) is 3.33. The van der Waals surface area contributed by atoms with Crippen LogP contribution in [0.1, 0.15) is 13.3 Å². The van der Waals surface area contributed by atoms with Crippen LogP contribution in [-0.4, -0.2) is 48.4 Å². The number of rotatable bonds is 6. The molecule has 1 saturated heterocycles. The van der Waals surface area contributed by atoms with Crippen molar-refractivity contribution in [3.05, 3.63) is 30.3 Å². The number of hydrogen-bond donors (Lipinski definition) is 1. The number of benzene rings is 1. The average molecular weight is 294 g/mol. The van der Waals surface area contributed by atoms with Crippen LogP contribution in [0.5, 0.6) is 0 Å². The van der Waals surface area contributed by atoms with Crippen LogP contribution in [0.2, 0.25) is 0 Å². The van der Waals surface area contributed by atoms with Gasteiger partial charge in [-0.2, -0.15) is 0 Å². The Morgan fingerprint density at radius 3 is 2.95 bits per heavy atom. The highest BCUT2D eigenvalue weighted by Gasteiger charge is 2.27. The number of ether oxygens (including phenoxy) is 1. The second kappa shape index (κ2) is 7.67. The predicted octanol–water partition coefficient (Wildman–Crippen LogP) is 1.74. The third-order valence-corrected chi connectivity index (χ3v) is 4.63. The molecule has 1 aliphatic heterocycles. The zero-order chi connectivity index (χ0) is 14.4. The Labute approximate surface area is 124 Å². The van der Waals surface area contributed by atoms with Crippen molar-refractivity contribution in [3.8, 4) is 0 Å². The maximum atomic E-state index is 11.2. The van der Waals surface area contributed by atoms with Crippen molar-refractivity contribution in [1.29, 1.82) is 0 Å². The summed E-state index contributed by atoms with van der Waals surface area (Å²) in [6.07, 6.45) is 0.637. The molecule has 0 bridgehead atoms. The molecule has 0 aliphatic carbocycles. The molecular formula is C15H22N2O2S. The average Bonchev–Trinajstić information content (AvgIpc) is 2.48. The van der Waals surface area contributed by atoms with E-state index >= 15 is 0 Å². The van der Waals surface area contributed by atoms with Crippen LogP contribution in [0.3, 0.4) is 0 Å². The molecule has 1 amide bonds. The van der Waals surface area contributed by atoms with E-state index in [2.05, 4.69) is 36.1 Å². The fraction of sp³-hybridized carbons (Fsp3) is 0.533. The highest BCUT2D eigenvalue weighted by atomic mass is 32.2. The van der Waals surface area contributed by atoms with Crippen LogP contribution in [0.15, 0.2) is 35.2 Å². The maximum Gasteiger partial charge on any atom is 0.247 e. The molecule has 1 fully saturated rings. The number of morpholine rings is 1. The van der Waals surface area contributed by atoms with Crippen molar-refractivity contribution in [3.63, 3.8) is 0 Å². The van der Waals surface area contributed by atoms with E-state index in [0.29, 0.717) is 19.2 Å². The predicted molar refractivity (Wildman–Crippen MR) is 81.8 cm³/mol. The largest absolute Gasteiger partial charge is 0.367 e. The summed E-state index contributed by atoms with van der Waals surface area (Å²) in [6, 6.07) is 10.9. The highest BCUT2D eigenvalue weighted by Crippen LogP contribution is 2.20. The molecule has 2 rings (SSSR count). The first-order chi connectivity index (χ1) is 9.66. The number of amides is 1. The van der Waals surface area contributed by atoms with E-state index in [9.17, 15) is 4.79 Å². The Morgan fingerprint density at radius 1 is 1.50 bits per heavy atom. The van der Waals surface area contributed by atoms with Gasteiger partial charge in [0.2, 0.25) is 5.91 Å². The Bertz CT molecular complexity index is 427. The van der Waals surface area contributed by atoms with E-state index in [0.717, 1.165) is 18.7 Å². The lowest BCUT2D eigenvalue weighted by atomic mass is 10.1. The normalized spacial score (nSPS) is 21.6. The quantitative estimate of drug-likeness (QED) is 0.812. The van der Waals surface area contributed by atoms with Gasteiger partial charge in [0.25, 0.3) is 0 Å². The first kappa shape index (κ1) is 15.4. The van der Waals surface area contributed by atoms with Crippen LogP contribution in [-0.2, 0) is 9.53 Å². The summed E-state index contributed by atoms with van der Waals surface area (Å²) in [5.41, 5.74) is 5.31. The van der Waals surface area contributed by atoms with E-state index in [-0.39, 0.29) is 5.91 Å². The summed E-state index contributed by atoms with van der Waals surface area (Å²) in [4.78, 5) is 14.8. The zero-order valence-corrected chi connectivity index (χ0v) is 12.6. The first-order valence-corrected chi connectivity index (χ1v) is 7.98. The highest BCUT2D eigenvalue weighted by molar-refractivity contribution is 7.99. The summed E-state index contributed by atoms with van der Waals surface area (Å²) in [5, 5.41) is 0. The van der Waals surface area contributed by atoms with Gasteiger partial charge in [0.1, 0.15) is 6.10 Å². The lowest BCUT2D eigenvalue weighted by Gasteiger charge is -2.35. The van der Waals surface area contributed by atoms with Gasteiger partial charge in [-0.3, -0.25) is 9.69 Å². The van der Waals surface area contributed by atoms with E-state index < -0.39 is 6.10 Å². The Balaban J connectivity index is 1.74. The molecule has 1 aromatic carbocycles. The van der Waals surface area contributed by atoms with Gasteiger partial charge in [0, 0.05) is 24.0 Å². The smallest absolute Gasteiger partial charge is 0.247 e. The second-order valence-corrected chi connectivity index (χ2v) is 6.22. The third kappa shape index (κ3) is 4.51. The molecule has 1 aliphatic rings. The van der Waals surface area contributed by atoms with E-state index in [1.54, 1.807) is 0 Å². The van der Waals surface area contributed by atoms with Gasteiger partial charge in [0.15, 0.2) is 0 Å². The summed E-state index contributed by atoms with van der Waals surface area (Å²) < 4.78 is 5.37. The summed E-state index contributed by atoms with van der Waals surface area (Å²) in [6.45, 7) is 4.28. The summed E-state index contributed by atoms with van der Waals surface area (Å²) in [5.74, 6) is 0.713. The van der Waals surface area contributed by atoms with Gasteiger partial charge >= 0.3 is 0 Å². The molecule has 20 heavy (non-hydrogen) atoms. The molecule has 2 N–H and O–H groups in total. The minimum atomic E-state index is -0.451. The minimum absolute atomic E-state index is 0.361. The van der Waals surface area contributed by atoms with E-state index in [4.69, 9.17) is 10.5 Å². The van der Waals surface area contributed by atoms with Crippen molar-refractivity contribution in [1.82, 2.24) is 4.90 Å². The molecule has 4 nitrogen and oxygen atoms in total. The topological polar surface area (TPSA) is 55.6 Å². The summed E-state index contributed by atoms with van der Waals surface area (Å²) in [7, 11) is 0. The second-order valence-electron chi connectivity index (χ2n) is 5.06. The molecule has 0 radical (unpaired) electrons. The Kier molecular flexibility index (Phi) is 5.88. The molecule has 1 aromatic rings. The number of primary amides is 1. The lowest BCUT2D eigenvalue weighted by Crippen LogP contribution is -2.51. The number of nitrogens with two attached hydrogens (primary N) is 1. The number of thioether (sulfide) groups is 1. The molecule has 110 valence electrons. The monoisotopic (exact) mass is 294 g/mol. The molecular weight excluding hydrogens is 272 g/mol. The van der Waals surface area contributed by atoms with Gasteiger partial charge in [0.05, 0.1) is 6.61 Å². The fourth-order valence-electron chi connectivity index (χ4n) is 2.29. The minimum Gasteiger partial charge on any atom is -0.367 e. The number of hydrogen-bond acceptors (Lipinski definition) is 4. The first-order valence-electron chi connectivity index (χ1n) is 6.99. The van der Waals surface area contributed by atoms with Gasteiger partial charge < -0.3 is 10.5 Å². The Hall–Kier alpha value is -1.04. The third-order valence-electron chi connectivity index (χ3n) is 3.59. The van der Waals surface area contributed by atoms with Crippen LogP contribution in [0, 0.1) is 0 Å². The molecule has 5 heteroatoms. The van der Waals surface area contributed by atoms with E-state index in [1.165, 1.54) is 4.90 Å². The standard InChI is InChI=1S/C15H22N2O2S/c1-12(7-10-20-13-5-3-2-4-6-13)17-8-9-19-14(11-17)15(16)18/h2-6,12,14H,7-11H2,1H3,(H2,16,18)/t12-,14+/m1/s1. The van der Waals surface area contributed by atoms with Gasteiger partial charge in [-0.05, 0) is 31.2 Å². The molecule has 0 saturated carbocycles. The van der Waals surface area contributed by atoms with Crippen LogP contribution in [0.25, 0.3) is 0 Å². The van der Waals surface area contributed by atoms with Gasteiger partial charge in [-0.1, -0.05) is 18.2 Å². The van der Waals surface area contributed by atoms with Crippen molar-refractivity contribution < 1.29 is 9.53 Å². The van der Waals surface area contributed by atoms with Crippen molar-refractivity contribution in [2.24, 2.45) is 5.73 Å². The molecule has 0 spiro atoms. The number of carbonyl (C=O) groups is 1. The van der Waals surface area contributed by atoms with Crippen molar-refractivity contribution >= 4 is 17.7 Å². The Morgan fingerprint density at radius 2 is 2.25 bits per heavy atom. The molecule has 0 aromatic heterocycles. The van der Waals surface area contributed by atoms with Crippen molar-refractivity contribution in [2.45, 2.75) is 30.4 Å². The molecule has 2 atom stereocenters. The van der Waals surface area contributed by atoms with Gasteiger partial charge in [-0.25, -0.2) is 0 Å². The van der Waals surface area contributed by atoms with Crippen LogP contribution in [0.4, 0.5) is 0 Å². The van der Waals surface area contributed by atoms with Crippen molar-refractivity contribution in [2.75, 3.05) is 25.4 Å². The van der Waals surface area contributed by atoms with Crippen LogP contribution < -0.4 is 5.73 Å². The van der Waals surface area contributed by atoms with Crippen LogP contribution >= 0.6 is 11.8 Å². The van der Waals surface area contributed by atoms with Gasteiger partial charge in [-0.15, -0.1) is 11.8 Å².